The van der Waals surface area contributed by atoms with Crippen LogP contribution in [-0.4, -0.2) is 10.9 Å². The average molecular weight is 336 g/mol. The van der Waals surface area contributed by atoms with Crippen LogP contribution in [0.1, 0.15) is 39.5 Å². The number of pyridine rings is 1. The van der Waals surface area contributed by atoms with E-state index in [1.807, 2.05) is 18.2 Å². The van der Waals surface area contributed by atoms with E-state index in [4.69, 9.17) is 0 Å². The number of carbonyl (C=O) groups is 1. The first-order valence-electron chi connectivity index (χ1n) is 8.25. The van der Waals surface area contributed by atoms with Crippen LogP contribution in [0.2, 0.25) is 0 Å². The van der Waals surface area contributed by atoms with Crippen molar-refractivity contribution < 1.29 is 9.18 Å². The first-order chi connectivity index (χ1) is 12.0. The van der Waals surface area contributed by atoms with Crippen molar-refractivity contribution in [1.82, 2.24) is 10.3 Å². The molecule has 25 heavy (non-hydrogen) atoms. The number of hydrogen-bond acceptors (Lipinski definition) is 2. The van der Waals surface area contributed by atoms with Crippen molar-refractivity contribution in [3.63, 3.8) is 0 Å². The van der Waals surface area contributed by atoms with Gasteiger partial charge in [-0.15, -0.1) is 0 Å². The number of H-pyrrole nitrogens is 1. The molecule has 3 aromatic rings. The third-order valence-electron chi connectivity index (χ3n) is 4.83. The Bertz CT molecular complexity index is 1060. The number of aryl methyl sites for hydroxylation is 2. The molecule has 0 aliphatic heterocycles. The number of nitrogens with one attached hydrogen (secondary N) is 2. The smallest absolute Gasteiger partial charge is 0.257 e. The van der Waals surface area contributed by atoms with Crippen LogP contribution in [-0.2, 0) is 6.42 Å². The minimum atomic E-state index is -0.488. The predicted octanol–water partition coefficient (Wildman–Crippen LogP) is 3.39. The second-order valence-corrected chi connectivity index (χ2v) is 6.44. The van der Waals surface area contributed by atoms with Crippen molar-refractivity contribution in [1.29, 1.82) is 0 Å². The van der Waals surface area contributed by atoms with Gasteiger partial charge < -0.3 is 10.3 Å². The lowest BCUT2D eigenvalue weighted by Gasteiger charge is -2.14. The Balaban J connectivity index is 1.70. The van der Waals surface area contributed by atoms with Gasteiger partial charge in [0.25, 0.3) is 5.91 Å². The number of aromatic nitrogens is 1. The van der Waals surface area contributed by atoms with Crippen LogP contribution in [0.4, 0.5) is 4.39 Å². The number of aromatic amines is 1. The van der Waals surface area contributed by atoms with Gasteiger partial charge in [-0.2, -0.15) is 0 Å². The number of hydrogen-bond donors (Lipinski definition) is 2. The minimum Gasteiger partial charge on any atom is -0.360 e. The normalized spacial score (nSPS) is 16.0. The molecule has 126 valence electrons. The molecular weight excluding hydrogens is 319 g/mol. The van der Waals surface area contributed by atoms with Crippen molar-refractivity contribution in [3.8, 4) is 0 Å². The molecule has 0 spiro atoms. The molecule has 2 N–H and O–H groups in total. The maximum absolute atomic E-state index is 13.6. The van der Waals surface area contributed by atoms with Crippen molar-refractivity contribution in [2.75, 3.05) is 0 Å². The molecular formula is C20H17FN2O2. The van der Waals surface area contributed by atoms with Gasteiger partial charge >= 0.3 is 0 Å². The summed E-state index contributed by atoms with van der Waals surface area (Å²) >= 11 is 0. The molecule has 1 amide bonds. The molecule has 1 heterocycles. The van der Waals surface area contributed by atoms with E-state index in [-0.39, 0.29) is 17.0 Å². The summed E-state index contributed by atoms with van der Waals surface area (Å²) in [5.74, 6) is -0.926. The SMILES string of the molecule is Cc1cc(F)cc2c(=O)c(C(=O)N[C@H]3CCc4ccccc43)c[nH]c12. The predicted molar refractivity (Wildman–Crippen MR) is 94.2 cm³/mol. The van der Waals surface area contributed by atoms with Gasteiger partial charge in [-0.25, -0.2) is 4.39 Å². The summed E-state index contributed by atoms with van der Waals surface area (Å²) in [4.78, 5) is 28.2. The molecule has 1 atom stereocenters. The molecule has 0 radical (unpaired) electrons. The van der Waals surface area contributed by atoms with Crippen molar-refractivity contribution >= 4 is 16.8 Å². The average Bonchev–Trinajstić information content (AvgIpc) is 2.99. The van der Waals surface area contributed by atoms with Gasteiger partial charge in [-0.05, 0) is 48.6 Å². The lowest BCUT2D eigenvalue weighted by Crippen LogP contribution is -2.31. The zero-order valence-electron chi connectivity index (χ0n) is 13.7. The van der Waals surface area contributed by atoms with Gasteiger partial charge in [0.2, 0.25) is 5.43 Å². The van der Waals surface area contributed by atoms with Crippen LogP contribution in [0.3, 0.4) is 0 Å². The van der Waals surface area contributed by atoms with Crippen molar-refractivity contribution in [3.05, 3.63) is 80.9 Å². The highest BCUT2D eigenvalue weighted by atomic mass is 19.1. The first-order valence-corrected chi connectivity index (χ1v) is 8.25. The highest BCUT2D eigenvalue weighted by Crippen LogP contribution is 2.30. The minimum absolute atomic E-state index is 0.00174. The molecule has 0 unspecified atom stereocenters. The highest BCUT2D eigenvalue weighted by Gasteiger charge is 2.25. The standard InChI is InChI=1S/C20H17FN2O2/c1-11-8-13(21)9-15-18(11)22-10-16(19(15)24)20(25)23-17-7-6-12-4-2-3-5-14(12)17/h2-5,8-10,17H,6-7H2,1H3,(H,22,24)(H,23,25)/t17-/m0/s1. The first kappa shape index (κ1) is 15.6. The Kier molecular flexibility index (Phi) is 3.64. The lowest BCUT2D eigenvalue weighted by molar-refractivity contribution is 0.0935. The number of rotatable bonds is 2. The van der Waals surface area contributed by atoms with Crippen LogP contribution in [0.15, 0.2) is 47.4 Å². The fourth-order valence-electron chi connectivity index (χ4n) is 3.58. The second-order valence-electron chi connectivity index (χ2n) is 6.44. The fourth-order valence-corrected chi connectivity index (χ4v) is 3.58. The Hall–Kier alpha value is -2.95. The molecule has 2 aromatic carbocycles. The Labute approximate surface area is 143 Å². The van der Waals surface area contributed by atoms with E-state index in [0.29, 0.717) is 11.1 Å². The van der Waals surface area contributed by atoms with Gasteiger partial charge in [-0.3, -0.25) is 9.59 Å². The Morgan fingerprint density at radius 3 is 2.92 bits per heavy atom. The molecule has 0 fully saturated rings. The highest BCUT2D eigenvalue weighted by molar-refractivity contribution is 5.97. The second kappa shape index (κ2) is 5.84. The molecule has 0 bridgehead atoms. The van der Waals surface area contributed by atoms with Crippen LogP contribution < -0.4 is 10.7 Å². The molecule has 4 rings (SSSR count). The van der Waals surface area contributed by atoms with Crippen molar-refractivity contribution in [2.24, 2.45) is 0 Å². The summed E-state index contributed by atoms with van der Waals surface area (Å²) in [5.41, 5.74) is 3.04. The lowest BCUT2D eigenvalue weighted by atomic mass is 10.1. The van der Waals surface area contributed by atoms with Gasteiger partial charge in [0.05, 0.1) is 11.6 Å². The molecule has 1 aromatic heterocycles. The summed E-state index contributed by atoms with van der Waals surface area (Å²) in [7, 11) is 0. The van der Waals surface area contributed by atoms with E-state index in [1.165, 1.54) is 23.9 Å². The molecule has 0 saturated carbocycles. The summed E-state index contributed by atoms with van der Waals surface area (Å²) in [6, 6.07) is 10.4. The van der Waals surface area contributed by atoms with Gasteiger partial charge in [-0.1, -0.05) is 24.3 Å². The maximum Gasteiger partial charge on any atom is 0.257 e. The number of amides is 1. The van der Waals surface area contributed by atoms with E-state index in [9.17, 15) is 14.0 Å². The number of carbonyl (C=O) groups excluding carboxylic acids is 1. The molecule has 1 aliphatic rings. The van der Waals surface area contributed by atoms with E-state index >= 15 is 0 Å². The van der Waals surface area contributed by atoms with Crippen LogP contribution >= 0.6 is 0 Å². The summed E-state index contributed by atoms with van der Waals surface area (Å²) in [5, 5.41) is 3.13. The third kappa shape index (κ3) is 2.61. The third-order valence-corrected chi connectivity index (χ3v) is 4.83. The van der Waals surface area contributed by atoms with Gasteiger partial charge in [0.1, 0.15) is 11.4 Å². The molecule has 1 aliphatic carbocycles. The number of halogens is 1. The van der Waals surface area contributed by atoms with Crippen LogP contribution in [0, 0.1) is 12.7 Å². The fraction of sp³-hybridized carbons (Fsp3) is 0.200. The summed E-state index contributed by atoms with van der Waals surface area (Å²) < 4.78 is 13.6. The Morgan fingerprint density at radius 2 is 2.08 bits per heavy atom. The topological polar surface area (TPSA) is 62.0 Å². The molecule has 5 heteroatoms. The van der Waals surface area contributed by atoms with Crippen LogP contribution in [0.25, 0.3) is 10.9 Å². The monoisotopic (exact) mass is 336 g/mol. The van der Waals surface area contributed by atoms with Gasteiger partial charge in [0, 0.05) is 11.6 Å². The number of benzene rings is 2. The van der Waals surface area contributed by atoms with Crippen molar-refractivity contribution in [2.45, 2.75) is 25.8 Å². The maximum atomic E-state index is 13.6. The van der Waals surface area contributed by atoms with E-state index in [1.54, 1.807) is 6.92 Å². The summed E-state index contributed by atoms with van der Waals surface area (Å²) in [6.07, 6.45) is 3.12. The zero-order chi connectivity index (χ0) is 17.6. The molecule has 0 saturated heterocycles. The largest absolute Gasteiger partial charge is 0.360 e. The zero-order valence-corrected chi connectivity index (χ0v) is 13.7. The summed E-state index contributed by atoms with van der Waals surface area (Å²) in [6.45, 7) is 1.72. The van der Waals surface area contributed by atoms with E-state index in [2.05, 4.69) is 16.4 Å². The Morgan fingerprint density at radius 1 is 1.28 bits per heavy atom. The van der Waals surface area contributed by atoms with Crippen LogP contribution in [0.5, 0.6) is 0 Å². The van der Waals surface area contributed by atoms with Gasteiger partial charge in [0.15, 0.2) is 0 Å². The quantitative estimate of drug-likeness (QED) is 0.753. The van der Waals surface area contributed by atoms with E-state index in [0.717, 1.165) is 18.4 Å². The molecule has 4 nitrogen and oxygen atoms in total. The number of fused-ring (bicyclic) bond motifs is 2. The van der Waals surface area contributed by atoms with E-state index < -0.39 is 17.2 Å².